The number of benzene rings is 2. The molecule has 2 aromatic carbocycles. The largest absolute Gasteiger partial charge is 0.334 e. The van der Waals surface area contributed by atoms with Gasteiger partial charge < -0.3 is 5.32 Å². The Morgan fingerprint density at radius 1 is 1.10 bits per heavy atom. The zero-order chi connectivity index (χ0) is 21.6. The number of nitrogens with one attached hydrogen (secondary N) is 2. The first-order valence-corrected chi connectivity index (χ1v) is 10.6. The average Bonchev–Trinajstić information content (AvgIpc) is 3.24. The van der Waals surface area contributed by atoms with Gasteiger partial charge in [-0.15, -0.1) is 11.3 Å². The lowest BCUT2D eigenvalue weighted by molar-refractivity contribution is 0.0929. The third-order valence-electron chi connectivity index (χ3n) is 3.87. The Hall–Kier alpha value is -3.12. The molecule has 152 valence electrons. The van der Waals surface area contributed by atoms with Crippen LogP contribution in [0.2, 0.25) is 0 Å². The smallest absolute Gasteiger partial charge is 0.307 e. The highest BCUT2D eigenvalue weighted by molar-refractivity contribution is 8.13. The zero-order valence-electron chi connectivity index (χ0n) is 16.3. The number of rotatable bonds is 4. The Bertz CT molecular complexity index is 1100. The maximum Gasteiger partial charge on any atom is 0.307 e. The first-order valence-electron chi connectivity index (χ1n) is 8.95. The Morgan fingerprint density at radius 3 is 2.47 bits per heavy atom. The van der Waals surface area contributed by atoms with Crippen molar-refractivity contribution in [1.29, 1.82) is 0 Å². The molecule has 6 nitrogen and oxygen atoms in total. The number of carbonyl (C=O) groups excluding carboxylic acids is 2. The monoisotopic (exact) mass is 437 g/mol. The molecule has 0 spiro atoms. The standard InChI is InChI=1S/C22H19N3O3S2/c1-22(2,13-12-15-8-10-17(11-9-15)30-21(27)25-28)24-19(26)20-23-18(14-29-20)16-6-4-3-5-7-16/h3-11,14,28H,1-2H3,(H,24,26)(H,25,27). The van der Waals surface area contributed by atoms with Crippen LogP contribution in [0.3, 0.4) is 0 Å². The summed E-state index contributed by atoms with van der Waals surface area (Å²) in [6.45, 7) is 3.64. The number of amides is 2. The number of thioether (sulfide) groups is 1. The fourth-order valence-corrected chi connectivity index (χ4v) is 3.71. The first kappa shape index (κ1) is 21.6. The van der Waals surface area contributed by atoms with Crippen LogP contribution < -0.4 is 10.8 Å². The van der Waals surface area contributed by atoms with E-state index >= 15 is 0 Å². The van der Waals surface area contributed by atoms with E-state index in [2.05, 4.69) is 22.1 Å². The average molecular weight is 438 g/mol. The van der Waals surface area contributed by atoms with Crippen LogP contribution in [0.4, 0.5) is 4.79 Å². The van der Waals surface area contributed by atoms with Gasteiger partial charge in [-0.05, 0) is 49.9 Å². The molecule has 3 aromatic rings. The molecule has 0 aliphatic carbocycles. The van der Waals surface area contributed by atoms with E-state index in [9.17, 15) is 9.59 Å². The lowest BCUT2D eigenvalue weighted by Gasteiger charge is -2.18. The second kappa shape index (κ2) is 9.59. The van der Waals surface area contributed by atoms with Gasteiger partial charge in [0.05, 0.1) is 11.2 Å². The summed E-state index contributed by atoms with van der Waals surface area (Å²) < 4.78 is 0. The maximum absolute atomic E-state index is 12.6. The molecule has 0 aliphatic rings. The highest BCUT2D eigenvalue weighted by Crippen LogP contribution is 2.22. The molecule has 0 radical (unpaired) electrons. The van der Waals surface area contributed by atoms with Crippen LogP contribution in [-0.2, 0) is 0 Å². The van der Waals surface area contributed by atoms with Gasteiger partial charge in [-0.3, -0.25) is 14.8 Å². The van der Waals surface area contributed by atoms with Gasteiger partial charge >= 0.3 is 5.24 Å². The van der Waals surface area contributed by atoms with Gasteiger partial charge in [0.1, 0.15) is 0 Å². The molecule has 0 aliphatic heterocycles. The van der Waals surface area contributed by atoms with Crippen molar-refractivity contribution >= 4 is 34.2 Å². The number of hydrogen-bond acceptors (Lipinski definition) is 6. The number of hydrogen-bond donors (Lipinski definition) is 3. The van der Waals surface area contributed by atoms with Gasteiger partial charge in [-0.2, -0.15) is 0 Å². The number of carbonyl (C=O) groups is 2. The van der Waals surface area contributed by atoms with Gasteiger partial charge in [-0.1, -0.05) is 42.2 Å². The van der Waals surface area contributed by atoms with Gasteiger partial charge in [0.2, 0.25) is 0 Å². The normalized spacial score (nSPS) is 10.6. The van der Waals surface area contributed by atoms with E-state index in [1.54, 1.807) is 29.7 Å². The molecule has 0 saturated carbocycles. The third-order valence-corrected chi connectivity index (χ3v) is 5.50. The molecule has 1 aromatic heterocycles. The SMILES string of the molecule is CC(C)(C#Cc1ccc(SC(=O)NO)cc1)NC(=O)c1nc(-c2ccccc2)cs1. The molecular weight excluding hydrogens is 418 g/mol. The fraction of sp³-hybridized carbons (Fsp3) is 0.136. The van der Waals surface area contributed by atoms with Crippen molar-refractivity contribution < 1.29 is 14.8 Å². The van der Waals surface area contributed by atoms with E-state index in [0.29, 0.717) is 9.90 Å². The van der Waals surface area contributed by atoms with Crippen LogP contribution >= 0.6 is 23.1 Å². The minimum absolute atomic E-state index is 0.275. The van der Waals surface area contributed by atoms with Crippen LogP contribution in [0.15, 0.2) is 64.9 Å². The Morgan fingerprint density at radius 2 is 1.80 bits per heavy atom. The molecule has 30 heavy (non-hydrogen) atoms. The predicted octanol–water partition coefficient (Wildman–Crippen LogP) is 4.56. The van der Waals surface area contributed by atoms with Crippen LogP contribution in [0.1, 0.15) is 29.2 Å². The molecule has 8 heteroatoms. The molecule has 3 rings (SSSR count). The summed E-state index contributed by atoms with van der Waals surface area (Å²) in [5.41, 5.74) is 3.27. The lowest BCUT2D eigenvalue weighted by atomic mass is 10.1. The summed E-state index contributed by atoms with van der Waals surface area (Å²) in [5.74, 6) is 5.81. The van der Waals surface area contributed by atoms with Gasteiger partial charge in [0, 0.05) is 21.4 Å². The third kappa shape index (κ3) is 5.94. The minimum atomic E-state index is -0.764. The van der Waals surface area contributed by atoms with E-state index < -0.39 is 10.8 Å². The van der Waals surface area contributed by atoms with Crippen LogP contribution in [0, 0.1) is 11.8 Å². The Balaban J connectivity index is 1.65. The first-order chi connectivity index (χ1) is 14.4. The molecule has 0 bridgehead atoms. The number of nitrogens with zero attached hydrogens (tertiary/aromatic N) is 1. The van der Waals surface area contributed by atoms with E-state index in [-0.39, 0.29) is 5.91 Å². The van der Waals surface area contributed by atoms with Gasteiger partial charge in [0.25, 0.3) is 5.91 Å². The molecule has 0 atom stereocenters. The summed E-state index contributed by atoms with van der Waals surface area (Å²) in [7, 11) is 0. The van der Waals surface area contributed by atoms with E-state index in [0.717, 1.165) is 28.6 Å². The highest BCUT2D eigenvalue weighted by Gasteiger charge is 2.21. The molecule has 0 unspecified atom stereocenters. The van der Waals surface area contributed by atoms with Crippen molar-refractivity contribution in [2.45, 2.75) is 24.3 Å². The highest BCUT2D eigenvalue weighted by atomic mass is 32.2. The van der Waals surface area contributed by atoms with Crippen LogP contribution in [0.25, 0.3) is 11.3 Å². The lowest BCUT2D eigenvalue weighted by Crippen LogP contribution is -2.42. The van der Waals surface area contributed by atoms with Crippen molar-refractivity contribution in [3.63, 3.8) is 0 Å². The molecule has 2 amide bonds. The molecule has 3 N–H and O–H groups in total. The topological polar surface area (TPSA) is 91.3 Å². The second-order valence-corrected chi connectivity index (χ2v) is 8.66. The van der Waals surface area contributed by atoms with Crippen molar-refractivity contribution in [3.05, 3.63) is 70.5 Å². The van der Waals surface area contributed by atoms with Gasteiger partial charge in [0.15, 0.2) is 5.01 Å². The van der Waals surface area contributed by atoms with E-state index in [1.165, 1.54) is 11.3 Å². The maximum atomic E-state index is 12.6. The minimum Gasteiger partial charge on any atom is -0.334 e. The summed E-state index contributed by atoms with van der Waals surface area (Å²) in [6.07, 6.45) is 0. The summed E-state index contributed by atoms with van der Waals surface area (Å²) >= 11 is 2.16. The quantitative estimate of drug-likeness (QED) is 0.241. The van der Waals surface area contributed by atoms with Crippen molar-refractivity contribution in [2.24, 2.45) is 0 Å². The summed E-state index contributed by atoms with van der Waals surface area (Å²) in [5, 5.41) is 13.1. The van der Waals surface area contributed by atoms with Crippen LogP contribution in [0.5, 0.6) is 0 Å². The van der Waals surface area contributed by atoms with Gasteiger partial charge in [-0.25, -0.2) is 10.5 Å². The molecule has 1 heterocycles. The van der Waals surface area contributed by atoms with Crippen molar-refractivity contribution in [3.8, 4) is 23.1 Å². The predicted molar refractivity (Wildman–Crippen MR) is 119 cm³/mol. The van der Waals surface area contributed by atoms with E-state index in [1.807, 2.05) is 49.6 Å². The second-order valence-electron chi connectivity index (χ2n) is 6.76. The van der Waals surface area contributed by atoms with Crippen molar-refractivity contribution in [1.82, 2.24) is 15.8 Å². The summed E-state index contributed by atoms with van der Waals surface area (Å²) in [4.78, 5) is 28.9. The Labute approximate surface area is 182 Å². The number of hydroxylamine groups is 1. The number of aromatic nitrogens is 1. The van der Waals surface area contributed by atoms with Crippen molar-refractivity contribution in [2.75, 3.05) is 0 Å². The zero-order valence-corrected chi connectivity index (χ0v) is 17.9. The fourth-order valence-electron chi connectivity index (χ4n) is 2.45. The molecular formula is C22H19N3O3S2. The Kier molecular flexibility index (Phi) is 6.90. The summed E-state index contributed by atoms with van der Waals surface area (Å²) in [6, 6.07) is 16.7. The van der Waals surface area contributed by atoms with Crippen LogP contribution in [-0.4, -0.2) is 26.9 Å². The number of thiazole rings is 1. The van der Waals surface area contributed by atoms with E-state index in [4.69, 9.17) is 5.21 Å². The molecule has 0 saturated heterocycles. The molecule has 0 fully saturated rings.